The van der Waals surface area contributed by atoms with E-state index in [4.69, 9.17) is 0 Å². The van der Waals surface area contributed by atoms with E-state index in [1.165, 1.54) is 12.5 Å². The number of carbonyl (C=O) groups is 1. The maximum Gasteiger partial charge on any atom is 0.183 e. The quantitative estimate of drug-likeness (QED) is 0.670. The lowest BCUT2D eigenvalue weighted by Gasteiger charge is -1.96. The van der Waals surface area contributed by atoms with Crippen LogP contribution in [0.25, 0.3) is 0 Å². The van der Waals surface area contributed by atoms with Gasteiger partial charge in [0.2, 0.25) is 0 Å². The lowest BCUT2D eigenvalue weighted by Crippen LogP contribution is -2.07. The topological polar surface area (TPSA) is 73.6 Å². The van der Waals surface area contributed by atoms with Gasteiger partial charge in [-0.1, -0.05) is 4.49 Å². The molecule has 0 N–H and O–H groups in total. The normalized spacial score (nSPS) is 10.4. The Morgan fingerprint density at radius 3 is 3.07 bits per heavy atom. The Balaban J connectivity index is 2.13. The highest BCUT2D eigenvalue weighted by molar-refractivity contribution is 7.07. The Kier molecular flexibility index (Phi) is 2.32. The third kappa shape index (κ3) is 1.67. The van der Waals surface area contributed by atoms with Crippen molar-refractivity contribution in [1.29, 1.82) is 0 Å². The van der Waals surface area contributed by atoms with Crippen LogP contribution in [0.4, 0.5) is 0 Å². The minimum absolute atomic E-state index is 0.0314. The zero-order valence-electron chi connectivity index (χ0n) is 7.41. The molecule has 2 heterocycles. The second-order valence-electron chi connectivity index (χ2n) is 2.68. The van der Waals surface area contributed by atoms with Crippen LogP contribution >= 0.6 is 11.5 Å². The highest BCUT2D eigenvalue weighted by Crippen LogP contribution is 2.06. The molecule has 6 nitrogen and oxygen atoms in total. The standard InChI is InChI=1S/C7H7N5OS/c1-12-7(8-4-10-12)2-5(13)6-3-9-11-14-6/h3-4H,2H2,1H3. The Labute approximate surface area is 83.8 Å². The summed E-state index contributed by atoms with van der Waals surface area (Å²) in [4.78, 5) is 16.1. The molecule has 0 aliphatic rings. The average Bonchev–Trinajstić information content (AvgIpc) is 2.77. The first-order valence-corrected chi connectivity index (χ1v) is 4.68. The summed E-state index contributed by atoms with van der Waals surface area (Å²) in [6.45, 7) is 0. The van der Waals surface area contributed by atoms with Crippen LogP contribution in [0.3, 0.4) is 0 Å². The fourth-order valence-electron chi connectivity index (χ4n) is 1.00. The Morgan fingerprint density at radius 1 is 1.64 bits per heavy atom. The zero-order chi connectivity index (χ0) is 9.97. The molecule has 0 saturated heterocycles. The molecule has 0 atom stereocenters. The van der Waals surface area contributed by atoms with E-state index in [2.05, 4.69) is 19.7 Å². The number of hydrogen-bond donors (Lipinski definition) is 0. The predicted molar refractivity (Wildman–Crippen MR) is 48.9 cm³/mol. The van der Waals surface area contributed by atoms with E-state index in [9.17, 15) is 4.79 Å². The van der Waals surface area contributed by atoms with Crippen molar-refractivity contribution in [2.75, 3.05) is 0 Å². The first-order valence-electron chi connectivity index (χ1n) is 3.91. The van der Waals surface area contributed by atoms with E-state index in [0.717, 1.165) is 11.5 Å². The Bertz CT molecular complexity index is 435. The van der Waals surface area contributed by atoms with Crippen molar-refractivity contribution in [3.05, 3.63) is 23.2 Å². The van der Waals surface area contributed by atoms with Gasteiger partial charge in [0.15, 0.2) is 5.78 Å². The smallest absolute Gasteiger partial charge is 0.183 e. The van der Waals surface area contributed by atoms with E-state index in [0.29, 0.717) is 10.7 Å². The van der Waals surface area contributed by atoms with E-state index in [1.807, 2.05) is 0 Å². The highest BCUT2D eigenvalue weighted by Gasteiger charge is 2.12. The van der Waals surface area contributed by atoms with Gasteiger partial charge in [-0.05, 0) is 11.5 Å². The molecule has 0 radical (unpaired) electrons. The summed E-state index contributed by atoms with van der Waals surface area (Å²) in [5.41, 5.74) is 0. The lowest BCUT2D eigenvalue weighted by molar-refractivity contribution is 0.0993. The van der Waals surface area contributed by atoms with E-state index in [1.54, 1.807) is 11.7 Å². The lowest BCUT2D eigenvalue weighted by atomic mass is 10.2. The molecule has 2 aromatic rings. The largest absolute Gasteiger partial charge is 0.293 e. The van der Waals surface area contributed by atoms with Crippen LogP contribution in [-0.2, 0) is 13.5 Å². The first-order chi connectivity index (χ1) is 6.77. The summed E-state index contributed by atoms with van der Waals surface area (Å²) in [7, 11) is 1.75. The molecule has 0 bridgehead atoms. The summed E-state index contributed by atoms with van der Waals surface area (Å²) in [5, 5.41) is 7.48. The molecule has 0 aliphatic heterocycles. The van der Waals surface area contributed by atoms with Crippen LogP contribution in [-0.4, -0.2) is 30.1 Å². The van der Waals surface area contributed by atoms with Gasteiger partial charge in [-0.3, -0.25) is 9.48 Å². The number of ketones is 1. The van der Waals surface area contributed by atoms with Crippen molar-refractivity contribution >= 4 is 17.3 Å². The van der Waals surface area contributed by atoms with Crippen molar-refractivity contribution in [2.24, 2.45) is 7.05 Å². The summed E-state index contributed by atoms with van der Waals surface area (Å²) >= 11 is 1.09. The van der Waals surface area contributed by atoms with Gasteiger partial charge in [0.25, 0.3) is 0 Å². The molecule has 0 fully saturated rings. The van der Waals surface area contributed by atoms with Crippen LogP contribution in [0.1, 0.15) is 15.5 Å². The van der Waals surface area contributed by atoms with Gasteiger partial charge in [-0.15, -0.1) is 5.10 Å². The highest BCUT2D eigenvalue weighted by atomic mass is 32.1. The number of carbonyl (C=O) groups excluding carboxylic acids is 1. The third-order valence-corrected chi connectivity index (χ3v) is 2.47. The van der Waals surface area contributed by atoms with Crippen LogP contribution in [0.2, 0.25) is 0 Å². The Hall–Kier alpha value is -1.63. The van der Waals surface area contributed by atoms with Crippen molar-refractivity contribution in [2.45, 2.75) is 6.42 Å². The summed E-state index contributed by atoms with van der Waals surface area (Å²) in [5.74, 6) is 0.611. The first kappa shape index (κ1) is 8.95. The SMILES string of the molecule is Cn1ncnc1CC(=O)c1cnns1. The maximum absolute atomic E-state index is 11.6. The van der Waals surface area contributed by atoms with Gasteiger partial charge in [0.1, 0.15) is 17.0 Å². The van der Waals surface area contributed by atoms with Gasteiger partial charge in [0.05, 0.1) is 12.6 Å². The molecule has 7 heteroatoms. The molecule has 0 spiro atoms. The second kappa shape index (κ2) is 3.62. The van der Waals surface area contributed by atoms with Crippen LogP contribution in [0.5, 0.6) is 0 Å². The number of Topliss-reactive ketones (excluding diaryl/α,β-unsaturated/α-hetero) is 1. The van der Waals surface area contributed by atoms with Gasteiger partial charge in [-0.25, -0.2) is 4.98 Å². The summed E-state index contributed by atoms with van der Waals surface area (Å²) in [6.07, 6.45) is 3.12. The van der Waals surface area contributed by atoms with Crippen molar-refractivity contribution in [1.82, 2.24) is 24.4 Å². The molecule has 72 valence electrons. The molecule has 2 rings (SSSR count). The van der Waals surface area contributed by atoms with Gasteiger partial charge >= 0.3 is 0 Å². The van der Waals surface area contributed by atoms with Crippen molar-refractivity contribution in [3.8, 4) is 0 Å². The molecule has 0 amide bonds. The second-order valence-corrected chi connectivity index (χ2v) is 3.47. The molecular formula is C7H7N5OS. The molecule has 0 saturated carbocycles. The Morgan fingerprint density at radius 2 is 2.50 bits per heavy atom. The van der Waals surface area contributed by atoms with E-state index < -0.39 is 0 Å². The minimum atomic E-state index is -0.0314. The number of aryl methyl sites for hydroxylation is 1. The van der Waals surface area contributed by atoms with Crippen LogP contribution in [0.15, 0.2) is 12.5 Å². The van der Waals surface area contributed by atoms with Gasteiger partial charge in [0, 0.05) is 7.05 Å². The summed E-state index contributed by atoms with van der Waals surface area (Å²) in [6, 6.07) is 0. The average molecular weight is 209 g/mol. The molecular weight excluding hydrogens is 202 g/mol. The number of hydrogen-bond acceptors (Lipinski definition) is 6. The molecule has 2 aromatic heterocycles. The molecule has 0 aliphatic carbocycles. The number of rotatable bonds is 3. The van der Waals surface area contributed by atoms with Crippen molar-refractivity contribution < 1.29 is 4.79 Å². The van der Waals surface area contributed by atoms with Crippen LogP contribution in [0, 0.1) is 0 Å². The maximum atomic E-state index is 11.6. The fraction of sp³-hybridized carbons (Fsp3) is 0.286. The molecule has 0 unspecified atom stereocenters. The summed E-state index contributed by atoms with van der Waals surface area (Å²) < 4.78 is 5.20. The zero-order valence-corrected chi connectivity index (χ0v) is 8.23. The van der Waals surface area contributed by atoms with Crippen molar-refractivity contribution in [3.63, 3.8) is 0 Å². The number of nitrogens with zero attached hydrogens (tertiary/aromatic N) is 5. The fourth-order valence-corrected chi connectivity index (χ4v) is 1.45. The van der Waals surface area contributed by atoms with Gasteiger partial charge in [-0.2, -0.15) is 5.10 Å². The predicted octanol–water partition coefficient (Wildman–Crippen LogP) is 0.0920. The van der Waals surface area contributed by atoms with E-state index in [-0.39, 0.29) is 12.2 Å². The molecule has 0 aromatic carbocycles. The number of aromatic nitrogens is 5. The monoisotopic (exact) mass is 209 g/mol. The van der Waals surface area contributed by atoms with Crippen LogP contribution < -0.4 is 0 Å². The minimum Gasteiger partial charge on any atom is -0.293 e. The van der Waals surface area contributed by atoms with E-state index >= 15 is 0 Å². The van der Waals surface area contributed by atoms with Gasteiger partial charge < -0.3 is 0 Å². The third-order valence-electron chi connectivity index (χ3n) is 1.76. The molecule has 14 heavy (non-hydrogen) atoms.